The van der Waals surface area contributed by atoms with E-state index in [1.54, 1.807) is 50.4 Å². The van der Waals surface area contributed by atoms with E-state index >= 15 is 0 Å². The summed E-state index contributed by atoms with van der Waals surface area (Å²) in [6.45, 7) is 2.12. The monoisotopic (exact) mass is 376 g/mol. The second-order valence-corrected chi connectivity index (χ2v) is 7.87. The second-order valence-electron chi connectivity index (χ2n) is 5.02. The molecule has 0 atom stereocenters. The highest BCUT2D eigenvalue weighted by Crippen LogP contribution is 2.26. The maximum atomic E-state index is 12.9. The number of sulfonamides is 1. The van der Waals surface area contributed by atoms with E-state index in [-0.39, 0.29) is 4.90 Å². The molecular formula is C15H16N6O2S2. The Bertz CT molecular complexity index is 942. The molecule has 8 nitrogen and oxygen atoms in total. The first-order valence-electron chi connectivity index (χ1n) is 7.46. The molecule has 0 bridgehead atoms. The standard InChI is InChI=1S/C15H16N6O2S2/c1-3-21(12-7-5-4-6-8-12)25(22,23)13-9-10-14(16-11-13)24-15-17-18-19-20(15)2/h4-11H,3H2,1-2H3. The molecule has 0 unspecified atom stereocenters. The fourth-order valence-corrected chi connectivity index (χ4v) is 4.29. The SMILES string of the molecule is CCN(c1ccccc1)S(=O)(=O)c1ccc(Sc2nnnn2C)nc1. The van der Waals surface area contributed by atoms with Gasteiger partial charge in [0.25, 0.3) is 10.0 Å². The van der Waals surface area contributed by atoms with E-state index in [0.717, 1.165) is 0 Å². The molecule has 1 aromatic carbocycles. The Morgan fingerprint density at radius 3 is 2.48 bits per heavy atom. The van der Waals surface area contributed by atoms with Crippen LogP contribution in [0.15, 0.2) is 63.7 Å². The van der Waals surface area contributed by atoms with Crippen molar-refractivity contribution in [2.75, 3.05) is 10.8 Å². The minimum absolute atomic E-state index is 0.138. The number of benzene rings is 1. The first-order chi connectivity index (χ1) is 12.0. The lowest BCUT2D eigenvalue weighted by atomic mass is 10.3. The van der Waals surface area contributed by atoms with E-state index in [1.807, 2.05) is 6.07 Å². The molecule has 0 amide bonds. The van der Waals surface area contributed by atoms with Gasteiger partial charge in [0.2, 0.25) is 5.16 Å². The van der Waals surface area contributed by atoms with E-state index in [1.165, 1.54) is 26.9 Å². The maximum absolute atomic E-state index is 12.9. The Morgan fingerprint density at radius 2 is 1.92 bits per heavy atom. The van der Waals surface area contributed by atoms with Crippen molar-refractivity contribution in [1.82, 2.24) is 25.2 Å². The van der Waals surface area contributed by atoms with Crippen LogP contribution in [-0.2, 0) is 17.1 Å². The molecule has 0 N–H and O–H groups in total. The number of pyridine rings is 1. The zero-order chi connectivity index (χ0) is 17.9. The van der Waals surface area contributed by atoms with Gasteiger partial charge in [0.05, 0.1) is 5.69 Å². The van der Waals surface area contributed by atoms with Crippen molar-refractivity contribution >= 4 is 27.5 Å². The van der Waals surface area contributed by atoms with Crippen LogP contribution in [-0.4, -0.2) is 40.2 Å². The summed E-state index contributed by atoms with van der Waals surface area (Å²) < 4.78 is 28.6. The zero-order valence-corrected chi connectivity index (χ0v) is 15.3. The van der Waals surface area contributed by atoms with Gasteiger partial charge < -0.3 is 0 Å². The number of hydrogen-bond donors (Lipinski definition) is 0. The summed E-state index contributed by atoms with van der Waals surface area (Å²) >= 11 is 1.26. The van der Waals surface area contributed by atoms with Crippen molar-refractivity contribution < 1.29 is 8.42 Å². The van der Waals surface area contributed by atoms with E-state index in [9.17, 15) is 8.42 Å². The van der Waals surface area contributed by atoms with Crippen LogP contribution in [0.1, 0.15) is 6.92 Å². The molecule has 0 aliphatic carbocycles. The third-order valence-corrected chi connectivity index (χ3v) is 6.27. The quantitative estimate of drug-likeness (QED) is 0.649. The number of aryl methyl sites for hydroxylation is 1. The van der Waals surface area contributed by atoms with E-state index in [0.29, 0.717) is 22.4 Å². The minimum Gasteiger partial charge on any atom is -0.267 e. The van der Waals surface area contributed by atoms with Gasteiger partial charge in [-0.2, -0.15) is 0 Å². The fraction of sp³-hybridized carbons (Fsp3) is 0.200. The normalized spacial score (nSPS) is 11.4. The van der Waals surface area contributed by atoms with Crippen molar-refractivity contribution in [2.45, 2.75) is 22.0 Å². The average molecular weight is 376 g/mol. The molecule has 2 heterocycles. The van der Waals surface area contributed by atoms with Crippen LogP contribution in [0.3, 0.4) is 0 Å². The lowest BCUT2D eigenvalue weighted by molar-refractivity contribution is 0.591. The second kappa shape index (κ2) is 7.19. The smallest absolute Gasteiger partial charge is 0.265 e. The molecule has 0 aliphatic rings. The predicted molar refractivity (Wildman–Crippen MR) is 93.8 cm³/mol. The summed E-state index contributed by atoms with van der Waals surface area (Å²) in [5.41, 5.74) is 0.619. The number of nitrogens with zero attached hydrogens (tertiary/aromatic N) is 6. The Morgan fingerprint density at radius 1 is 1.16 bits per heavy atom. The predicted octanol–water partition coefficient (Wildman–Crippen LogP) is 1.97. The van der Waals surface area contributed by atoms with Crippen molar-refractivity contribution in [1.29, 1.82) is 0 Å². The first kappa shape index (κ1) is 17.4. The number of tetrazole rings is 1. The molecule has 25 heavy (non-hydrogen) atoms. The fourth-order valence-electron chi connectivity index (χ4n) is 2.19. The van der Waals surface area contributed by atoms with Crippen molar-refractivity contribution in [3.05, 3.63) is 48.7 Å². The highest BCUT2D eigenvalue weighted by atomic mass is 32.2. The molecule has 3 rings (SSSR count). The summed E-state index contributed by atoms with van der Waals surface area (Å²) in [6, 6.07) is 12.2. The van der Waals surface area contributed by atoms with Gasteiger partial charge in [-0.15, -0.1) is 5.10 Å². The molecule has 0 saturated carbocycles. The van der Waals surface area contributed by atoms with Gasteiger partial charge >= 0.3 is 0 Å². The average Bonchev–Trinajstić information content (AvgIpc) is 3.01. The van der Waals surface area contributed by atoms with Gasteiger partial charge in [0, 0.05) is 19.8 Å². The Hall–Kier alpha value is -2.46. The molecule has 10 heteroatoms. The maximum Gasteiger partial charge on any atom is 0.265 e. The number of hydrogen-bond acceptors (Lipinski definition) is 7. The Kier molecular flexibility index (Phi) is 5.00. The van der Waals surface area contributed by atoms with Gasteiger partial charge in [0.1, 0.15) is 9.92 Å². The topological polar surface area (TPSA) is 93.9 Å². The van der Waals surface area contributed by atoms with E-state index in [4.69, 9.17) is 0 Å². The van der Waals surface area contributed by atoms with Gasteiger partial charge in [-0.05, 0) is 53.4 Å². The molecule has 3 aromatic rings. The third kappa shape index (κ3) is 3.64. The van der Waals surface area contributed by atoms with Crippen LogP contribution < -0.4 is 4.31 Å². The van der Waals surface area contributed by atoms with Crippen LogP contribution in [0, 0.1) is 0 Å². The van der Waals surface area contributed by atoms with Gasteiger partial charge in [0.15, 0.2) is 0 Å². The van der Waals surface area contributed by atoms with Crippen LogP contribution >= 0.6 is 11.8 Å². The third-order valence-electron chi connectivity index (χ3n) is 3.41. The number of rotatable bonds is 6. The summed E-state index contributed by atoms with van der Waals surface area (Å²) in [7, 11) is -1.95. The summed E-state index contributed by atoms with van der Waals surface area (Å²) in [5.74, 6) is 0. The van der Waals surface area contributed by atoms with Crippen molar-refractivity contribution in [3.8, 4) is 0 Å². The van der Waals surface area contributed by atoms with Crippen LogP contribution in [0.5, 0.6) is 0 Å². The Balaban J connectivity index is 1.86. The number of aromatic nitrogens is 5. The lowest BCUT2D eigenvalue weighted by Gasteiger charge is -2.22. The molecule has 0 fully saturated rings. The molecule has 0 saturated heterocycles. The molecule has 0 aliphatic heterocycles. The van der Waals surface area contributed by atoms with E-state index in [2.05, 4.69) is 20.5 Å². The minimum atomic E-state index is -3.68. The summed E-state index contributed by atoms with van der Waals surface area (Å²) in [6.07, 6.45) is 1.35. The molecular weight excluding hydrogens is 360 g/mol. The zero-order valence-electron chi connectivity index (χ0n) is 13.6. The van der Waals surface area contributed by atoms with Gasteiger partial charge in [-0.3, -0.25) is 4.31 Å². The summed E-state index contributed by atoms with van der Waals surface area (Å²) in [5, 5.41) is 12.3. The molecule has 2 aromatic heterocycles. The first-order valence-corrected chi connectivity index (χ1v) is 9.72. The van der Waals surface area contributed by atoms with Crippen LogP contribution in [0.25, 0.3) is 0 Å². The largest absolute Gasteiger partial charge is 0.267 e. The van der Waals surface area contributed by atoms with Crippen molar-refractivity contribution in [2.24, 2.45) is 7.05 Å². The number of para-hydroxylation sites is 1. The highest BCUT2D eigenvalue weighted by molar-refractivity contribution is 7.99. The molecule has 0 radical (unpaired) electrons. The lowest BCUT2D eigenvalue weighted by Crippen LogP contribution is -2.30. The van der Waals surface area contributed by atoms with E-state index < -0.39 is 10.0 Å². The van der Waals surface area contributed by atoms with Crippen LogP contribution in [0.4, 0.5) is 5.69 Å². The highest BCUT2D eigenvalue weighted by Gasteiger charge is 2.24. The van der Waals surface area contributed by atoms with Gasteiger partial charge in [-0.25, -0.2) is 18.1 Å². The van der Waals surface area contributed by atoms with Crippen LogP contribution in [0.2, 0.25) is 0 Å². The van der Waals surface area contributed by atoms with Crippen molar-refractivity contribution in [3.63, 3.8) is 0 Å². The van der Waals surface area contributed by atoms with Gasteiger partial charge in [-0.1, -0.05) is 18.2 Å². The number of anilines is 1. The summed E-state index contributed by atoms with van der Waals surface area (Å²) in [4.78, 5) is 4.36. The Labute approximate surface area is 149 Å². The molecule has 130 valence electrons. The molecule has 0 spiro atoms.